The van der Waals surface area contributed by atoms with Crippen molar-refractivity contribution >= 4 is 83.6 Å². The molecule has 0 saturated heterocycles. The largest absolute Gasteiger partial charge is 0.560 e. The van der Waals surface area contributed by atoms with Gasteiger partial charge in [0.2, 0.25) is 0 Å². The summed E-state index contributed by atoms with van der Waals surface area (Å²) in [5, 5.41) is 0. The monoisotopic (exact) mass is 364 g/mol. The molecule has 0 aliphatic rings. The molecule has 0 spiro atoms. The van der Waals surface area contributed by atoms with Gasteiger partial charge in [-0.3, -0.25) is 51.5 Å². The average Bonchev–Trinajstić information content (AvgIpc) is 1.39. The first-order valence-corrected chi connectivity index (χ1v) is 16.7. The number of rotatable bonds is 0. The van der Waals surface area contributed by atoms with Gasteiger partial charge in [0.15, 0.2) is 0 Å². The minimum Gasteiger partial charge on any atom is -0.280 e. The molecule has 0 aromatic rings. The van der Waals surface area contributed by atoms with Crippen LogP contribution in [0.4, 0.5) is 0 Å². The fourth-order valence-electron chi connectivity index (χ4n) is 0. The molecule has 0 bridgehead atoms. The quantitative estimate of drug-likeness (QED) is 0.577. The summed E-state index contributed by atoms with van der Waals surface area (Å²) < 4.78 is 0. The summed E-state index contributed by atoms with van der Waals surface area (Å²) in [6, 6.07) is 0. The predicted octanol–water partition coefficient (Wildman–Crippen LogP) is 2.62. The Hall–Kier alpha value is 3.45. The highest BCUT2D eigenvalue weighted by atomic mass is 79.9. The molecule has 0 heterocycles. The second kappa shape index (κ2) is 15.8. The van der Waals surface area contributed by atoms with E-state index >= 15 is 0 Å². The molecule has 0 saturated carbocycles. The molecule has 32 valence electrons. The molecule has 0 amide bonds. The molecular formula is Br4Mg2. The van der Waals surface area contributed by atoms with Crippen molar-refractivity contribution in [3.63, 3.8) is 0 Å². The van der Waals surface area contributed by atoms with Crippen LogP contribution in [0.15, 0.2) is 0 Å². The Labute approximate surface area is 81.5 Å². The van der Waals surface area contributed by atoms with Crippen molar-refractivity contribution in [2.75, 3.05) is 0 Å². The Morgan fingerprint density at radius 2 is 0.667 bits per heavy atom. The third-order valence-corrected chi connectivity index (χ3v) is 0. The maximum atomic E-state index is 3.20. The van der Waals surface area contributed by atoms with Crippen LogP contribution in [0.5, 0.6) is 0 Å². The molecule has 0 aliphatic heterocycles. The Bertz CT molecular complexity index is 7.51. The highest BCUT2D eigenvalue weighted by Gasteiger charge is 1.62. The first-order valence-electron chi connectivity index (χ1n) is 1.07. The molecule has 6 heteroatoms. The fraction of sp³-hybridized carbons (Fsp3) is 0. The van der Waals surface area contributed by atoms with Crippen LogP contribution in [-0.4, -0.2) is 32.0 Å². The van der Waals surface area contributed by atoms with E-state index in [1.807, 2.05) is 0 Å². The van der Waals surface area contributed by atoms with E-state index in [1.54, 1.807) is 0 Å². The van der Waals surface area contributed by atoms with Crippen molar-refractivity contribution in [2.24, 2.45) is 0 Å². The molecular weight excluding hydrogens is 368 g/mol. The summed E-state index contributed by atoms with van der Waals surface area (Å²) in [5.41, 5.74) is 0. The van der Waals surface area contributed by atoms with Gasteiger partial charge in [0.05, 0.1) is 0 Å². The van der Waals surface area contributed by atoms with Crippen molar-refractivity contribution in [1.29, 1.82) is 0 Å². The summed E-state index contributed by atoms with van der Waals surface area (Å²) in [7, 11) is 0. The third-order valence-electron chi connectivity index (χ3n) is 0. The number of hydrogen-bond donors (Lipinski definition) is 0. The van der Waals surface area contributed by atoms with Gasteiger partial charge < -0.3 is 0 Å². The van der Waals surface area contributed by atoms with Crippen LogP contribution in [0.3, 0.4) is 0 Å². The fourth-order valence-corrected chi connectivity index (χ4v) is 0. The summed E-state index contributed by atoms with van der Waals surface area (Å²) in [6.07, 6.45) is 0. The predicted molar refractivity (Wildman–Crippen MR) is 47.2 cm³/mol. The molecule has 0 aromatic heterocycles. The first kappa shape index (κ1) is 12.2. The van der Waals surface area contributed by atoms with E-state index in [-0.39, 0.29) is 32.0 Å². The molecule has 6 heavy (non-hydrogen) atoms. The Morgan fingerprint density at radius 3 is 0.667 bits per heavy atom. The van der Waals surface area contributed by atoms with E-state index in [2.05, 4.69) is 51.5 Å². The zero-order valence-electron chi connectivity index (χ0n) is 2.93. The van der Waals surface area contributed by atoms with Crippen LogP contribution in [0, 0.1) is 0 Å². The lowest BCUT2D eigenvalue weighted by atomic mass is 24.3. The van der Waals surface area contributed by atoms with E-state index in [0.29, 0.717) is 0 Å². The van der Waals surface area contributed by atoms with Crippen molar-refractivity contribution in [3.05, 3.63) is 0 Å². The van der Waals surface area contributed by atoms with E-state index < -0.39 is 0 Å². The van der Waals surface area contributed by atoms with Gasteiger partial charge in [-0.05, 0) is 0 Å². The minimum absolute atomic E-state index is 0.0417. The lowest BCUT2D eigenvalue weighted by molar-refractivity contribution is 5.22. The molecule has 0 N–H and O–H groups in total. The van der Waals surface area contributed by atoms with Crippen molar-refractivity contribution < 1.29 is 0 Å². The van der Waals surface area contributed by atoms with Gasteiger partial charge in [0.25, 0.3) is 0 Å². The molecule has 0 atom stereocenters. The molecule has 0 unspecified atom stereocenters. The summed E-state index contributed by atoms with van der Waals surface area (Å²) >= 11 is 12.9. The van der Waals surface area contributed by atoms with Crippen molar-refractivity contribution in [3.8, 4) is 0 Å². The van der Waals surface area contributed by atoms with Gasteiger partial charge in [0.1, 0.15) is 0 Å². The number of halogens is 4. The highest BCUT2D eigenvalue weighted by Crippen LogP contribution is 1.78. The third kappa shape index (κ3) is 26.0. The van der Waals surface area contributed by atoms with Crippen LogP contribution in [0.25, 0.3) is 0 Å². The van der Waals surface area contributed by atoms with Gasteiger partial charge in [0, 0.05) is 0 Å². The first-order chi connectivity index (χ1) is 2.83. The zero-order valence-corrected chi connectivity index (χ0v) is 12.1. The van der Waals surface area contributed by atoms with Crippen LogP contribution >= 0.6 is 51.5 Å². The average molecular weight is 368 g/mol. The topological polar surface area (TPSA) is 0 Å². The van der Waals surface area contributed by atoms with E-state index in [9.17, 15) is 0 Å². The second-order valence-corrected chi connectivity index (χ2v) is 16.4. The second-order valence-electron chi connectivity index (χ2n) is 0.202. The number of hydrogen-bond acceptors (Lipinski definition) is 0. The van der Waals surface area contributed by atoms with Crippen LogP contribution in [-0.2, 0) is 0 Å². The molecule has 0 radical (unpaired) electrons. The normalized spacial score (nSPS) is 3.33. The Morgan fingerprint density at radius 1 is 0.667 bits per heavy atom. The highest BCUT2D eigenvalue weighted by molar-refractivity contribution is 9.47. The lowest BCUT2D eigenvalue weighted by Gasteiger charge is -1.33. The maximum absolute atomic E-state index is 3.20. The summed E-state index contributed by atoms with van der Waals surface area (Å²) in [6.45, 7) is 0. The standard InChI is InChI=1S/4BrH.2Mg/h4*1H;;/q;;;;2*+2/p-4. The van der Waals surface area contributed by atoms with Gasteiger partial charge in [-0.15, -0.1) is 0 Å². The van der Waals surface area contributed by atoms with Crippen LogP contribution in [0.1, 0.15) is 0 Å². The molecule has 0 aliphatic carbocycles. The van der Waals surface area contributed by atoms with Gasteiger partial charge in [-0.2, -0.15) is 0 Å². The van der Waals surface area contributed by atoms with E-state index in [0.717, 1.165) is 0 Å². The Balaban J connectivity index is 0. The van der Waals surface area contributed by atoms with Gasteiger partial charge in [-0.25, -0.2) is 0 Å². The van der Waals surface area contributed by atoms with Gasteiger partial charge in [-0.1, -0.05) is 0 Å². The molecule has 0 aromatic carbocycles. The summed E-state index contributed by atoms with van der Waals surface area (Å²) in [5.74, 6) is 0. The van der Waals surface area contributed by atoms with Crippen molar-refractivity contribution in [2.45, 2.75) is 0 Å². The molecule has 0 rings (SSSR count). The van der Waals surface area contributed by atoms with Crippen LogP contribution in [0.2, 0.25) is 0 Å². The maximum Gasteiger partial charge on any atom is 0.560 e. The van der Waals surface area contributed by atoms with Crippen molar-refractivity contribution in [1.82, 2.24) is 0 Å². The van der Waals surface area contributed by atoms with E-state index in [1.165, 1.54) is 0 Å². The zero-order chi connectivity index (χ0) is 5.41. The summed E-state index contributed by atoms with van der Waals surface area (Å²) in [4.78, 5) is 0. The lowest BCUT2D eigenvalue weighted by Crippen LogP contribution is -1.31. The smallest absolute Gasteiger partial charge is 0.280 e. The minimum atomic E-state index is 0.0417. The molecule has 0 fully saturated rings. The van der Waals surface area contributed by atoms with Crippen LogP contribution < -0.4 is 0 Å². The molecule has 0 nitrogen and oxygen atoms in total. The SMILES string of the molecule is [Br][Mg][Br].[Br][Mg][Br]. The van der Waals surface area contributed by atoms with E-state index in [4.69, 9.17) is 0 Å². The van der Waals surface area contributed by atoms with Gasteiger partial charge >= 0.3 is 32.0 Å². The Kier molecular flexibility index (Phi) is 32.0.